The fourth-order valence-corrected chi connectivity index (χ4v) is 2.46. The highest BCUT2D eigenvalue weighted by atomic mass is 16.5. The summed E-state index contributed by atoms with van der Waals surface area (Å²) in [6.07, 6.45) is 2.18. The molecule has 4 nitrogen and oxygen atoms in total. The Labute approximate surface area is 107 Å². The summed E-state index contributed by atoms with van der Waals surface area (Å²) in [5.74, 6) is -0.308. The van der Waals surface area contributed by atoms with Crippen molar-refractivity contribution < 1.29 is 14.6 Å². The average Bonchev–Trinajstić information content (AvgIpc) is 2.85. The Balaban J connectivity index is 2.07. The molecule has 1 saturated heterocycles. The SMILES string of the molecule is COC(=O)c1cccc(CN2CCC[C@H]2CO)c1. The number of benzene rings is 1. The number of aliphatic hydroxyl groups is 1. The van der Waals surface area contributed by atoms with Crippen molar-refractivity contribution >= 4 is 5.97 Å². The summed E-state index contributed by atoms with van der Waals surface area (Å²) in [6, 6.07) is 7.73. The Morgan fingerprint density at radius 2 is 2.39 bits per heavy atom. The number of esters is 1. The summed E-state index contributed by atoms with van der Waals surface area (Å²) in [7, 11) is 1.39. The van der Waals surface area contributed by atoms with E-state index in [1.54, 1.807) is 6.07 Å². The second-order valence-corrected chi connectivity index (χ2v) is 4.64. The summed E-state index contributed by atoms with van der Waals surface area (Å²) in [5.41, 5.74) is 1.66. The highest BCUT2D eigenvalue weighted by Gasteiger charge is 2.23. The van der Waals surface area contributed by atoms with Crippen LogP contribution < -0.4 is 0 Å². The van der Waals surface area contributed by atoms with Crippen LogP contribution in [0, 0.1) is 0 Å². The van der Waals surface area contributed by atoms with E-state index in [1.807, 2.05) is 18.2 Å². The lowest BCUT2D eigenvalue weighted by Crippen LogP contribution is -2.31. The van der Waals surface area contributed by atoms with Crippen molar-refractivity contribution in [3.63, 3.8) is 0 Å². The Kier molecular flexibility index (Phi) is 4.33. The molecule has 1 aromatic carbocycles. The smallest absolute Gasteiger partial charge is 0.337 e. The van der Waals surface area contributed by atoms with Crippen molar-refractivity contribution in [3.05, 3.63) is 35.4 Å². The van der Waals surface area contributed by atoms with Crippen molar-refractivity contribution in [1.29, 1.82) is 0 Å². The first-order valence-corrected chi connectivity index (χ1v) is 6.26. The van der Waals surface area contributed by atoms with Crippen LogP contribution in [0.4, 0.5) is 0 Å². The van der Waals surface area contributed by atoms with Gasteiger partial charge in [-0.1, -0.05) is 12.1 Å². The predicted molar refractivity (Wildman–Crippen MR) is 68.3 cm³/mol. The van der Waals surface area contributed by atoms with E-state index in [1.165, 1.54) is 7.11 Å². The van der Waals surface area contributed by atoms with E-state index in [9.17, 15) is 9.90 Å². The van der Waals surface area contributed by atoms with Gasteiger partial charge in [0.2, 0.25) is 0 Å². The number of rotatable bonds is 4. The number of likely N-dealkylation sites (tertiary alicyclic amines) is 1. The Bertz CT molecular complexity index is 419. The molecule has 0 aliphatic carbocycles. The minimum Gasteiger partial charge on any atom is -0.465 e. The average molecular weight is 249 g/mol. The van der Waals surface area contributed by atoms with E-state index in [4.69, 9.17) is 4.74 Å². The van der Waals surface area contributed by atoms with Crippen molar-refractivity contribution in [2.24, 2.45) is 0 Å². The zero-order chi connectivity index (χ0) is 13.0. The van der Waals surface area contributed by atoms with Crippen LogP contribution in [0.1, 0.15) is 28.8 Å². The largest absolute Gasteiger partial charge is 0.465 e. The highest BCUT2D eigenvalue weighted by Crippen LogP contribution is 2.20. The van der Waals surface area contributed by atoms with Gasteiger partial charge in [0.15, 0.2) is 0 Å². The van der Waals surface area contributed by atoms with Gasteiger partial charge in [0.05, 0.1) is 19.3 Å². The quantitative estimate of drug-likeness (QED) is 0.820. The number of methoxy groups -OCH3 is 1. The molecule has 0 saturated carbocycles. The van der Waals surface area contributed by atoms with Gasteiger partial charge in [-0.25, -0.2) is 4.79 Å². The molecular weight excluding hydrogens is 230 g/mol. The Hall–Kier alpha value is -1.39. The van der Waals surface area contributed by atoms with Crippen molar-refractivity contribution in [2.45, 2.75) is 25.4 Å². The van der Waals surface area contributed by atoms with Gasteiger partial charge < -0.3 is 9.84 Å². The van der Waals surface area contributed by atoms with Gasteiger partial charge in [-0.2, -0.15) is 0 Å². The normalized spacial score (nSPS) is 20.0. The number of aliphatic hydroxyl groups excluding tert-OH is 1. The third-order valence-electron chi connectivity index (χ3n) is 3.44. The molecule has 18 heavy (non-hydrogen) atoms. The number of ether oxygens (including phenoxy) is 1. The van der Waals surface area contributed by atoms with Gasteiger partial charge in [-0.15, -0.1) is 0 Å². The molecule has 0 bridgehead atoms. The van der Waals surface area contributed by atoms with Crippen LogP contribution in [0.3, 0.4) is 0 Å². The van der Waals surface area contributed by atoms with Crippen molar-refractivity contribution in [2.75, 3.05) is 20.3 Å². The van der Waals surface area contributed by atoms with Crippen LogP contribution in [0.15, 0.2) is 24.3 Å². The van der Waals surface area contributed by atoms with E-state index in [0.717, 1.165) is 31.5 Å². The van der Waals surface area contributed by atoms with Gasteiger partial charge in [-0.05, 0) is 37.1 Å². The number of carbonyl (C=O) groups excluding carboxylic acids is 1. The molecule has 0 aromatic heterocycles. The molecule has 1 N–H and O–H groups in total. The Morgan fingerprint density at radius 1 is 1.56 bits per heavy atom. The summed E-state index contributed by atoms with van der Waals surface area (Å²) in [4.78, 5) is 13.7. The first kappa shape index (κ1) is 13.1. The fraction of sp³-hybridized carbons (Fsp3) is 0.500. The van der Waals surface area contributed by atoms with E-state index in [0.29, 0.717) is 5.56 Å². The second-order valence-electron chi connectivity index (χ2n) is 4.64. The second kappa shape index (κ2) is 5.98. The lowest BCUT2D eigenvalue weighted by atomic mass is 10.1. The standard InChI is InChI=1S/C14H19NO3/c1-18-14(17)12-5-2-4-11(8-12)9-15-7-3-6-13(15)10-16/h2,4-5,8,13,16H,3,6-7,9-10H2,1H3/t13-/m0/s1. The van der Waals surface area contributed by atoms with Gasteiger partial charge >= 0.3 is 5.97 Å². The molecule has 0 spiro atoms. The lowest BCUT2D eigenvalue weighted by molar-refractivity contribution is 0.0600. The van der Waals surface area contributed by atoms with Crippen LogP contribution >= 0.6 is 0 Å². The summed E-state index contributed by atoms with van der Waals surface area (Å²) >= 11 is 0. The zero-order valence-electron chi connectivity index (χ0n) is 10.6. The molecule has 0 unspecified atom stereocenters. The zero-order valence-corrected chi connectivity index (χ0v) is 10.6. The van der Waals surface area contributed by atoms with Crippen LogP contribution in [-0.4, -0.2) is 42.3 Å². The van der Waals surface area contributed by atoms with Gasteiger partial charge in [0.25, 0.3) is 0 Å². The maximum absolute atomic E-state index is 11.4. The number of nitrogens with zero attached hydrogens (tertiary/aromatic N) is 1. The van der Waals surface area contributed by atoms with Gasteiger partial charge in [-0.3, -0.25) is 4.90 Å². The topological polar surface area (TPSA) is 49.8 Å². The molecule has 4 heteroatoms. The number of carbonyl (C=O) groups is 1. The van der Waals surface area contributed by atoms with Crippen LogP contribution in [-0.2, 0) is 11.3 Å². The molecule has 0 radical (unpaired) electrons. The molecule has 1 aliphatic rings. The minimum absolute atomic E-state index is 0.205. The van der Waals surface area contributed by atoms with Crippen molar-refractivity contribution in [1.82, 2.24) is 4.90 Å². The van der Waals surface area contributed by atoms with E-state index in [2.05, 4.69) is 4.90 Å². The molecule has 1 aromatic rings. The predicted octanol–water partition coefficient (Wildman–Crippen LogP) is 1.43. The third-order valence-corrected chi connectivity index (χ3v) is 3.44. The maximum atomic E-state index is 11.4. The van der Waals surface area contributed by atoms with Crippen LogP contribution in [0.25, 0.3) is 0 Å². The van der Waals surface area contributed by atoms with Gasteiger partial charge in [0, 0.05) is 12.6 Å². The molecule has 98 valence electrons. The maximum Gasteiger partial charge on any atom is 0.337 e. The number of hydrogen-bond acceptors (Lipinski definition) is 4. The first-order valence-electron chi connectivity index (χ1n) is 6.26. The summed E-state index contributed by atoms with van der Waals surface area (Å²) in [5, 5.41) is 9.28. The van der Waals surface area contributed by atoms with E-state index < -0.39 is 0 Å². The van der Waals surface area contributed by atoms with Crippen molar-refractivity contribution in [3.8, 4) is 0 Å². The molecule has 1 aliphatic heterocycles. The Morgan fingerprint density at radius 3 is 3.11 bits per heavy atom. The molecular formula is C14H19NO3. The monoisotopic (exact) mass is 249 g/mol. The highest BCUT2D eigenvalue weighted by molar-refractivity contribution is 5.89. The lowest BCUT2D eigenvalue weighted by Gasteiger charge is -2.22. The van der Waals surface area contributed by atoms with E-state index in [-0.39, 0.29) is 18.6 Å². The molecule has 1 fully saturated rings. The summed E-state index contributed by atoms with van der Waals surface area (Å²) in [6.45, 7) is 1.99. The number of hydrogen-bond donors (Lipinski definition) is 1. The molecule has 1 atom stereocenters. The molecule has 1 heterocycles. The fourth-order valence-electron chi connectivity index (χ4n) is 2.46. The van der Waals surface area contributed by atoms with Crippen LogP contribution in [0.2, 0.25) is 0 Å². The summed E-state index contributed by atoms with van der Waals surface area (Å²) < 4.78 is 4.71. The van der Waals surface area contributed by atoms with Gasteiger partial charge in [0.1, 0.15) is 0 Å². The van der Waals surface area contributed by atoms with E-state index >= 15 is 0 Å². The molecule has 0 amide bonds. The molecule has 2 rings (SSSR count). The first-order chi connectivity index (χ1) is 8.74. The van der Waals surface area contributed by atoms with Crippen LogP contribution in [0.5, 0.6) is 0 Å². The minimum atomic E-state index is -0.308. The third kappa shape index (κ3) is 2.89.